The maximum atomic E-state index is 14.0. The maximum Gasteiger partial charge on any atom is 0.246 e. The average Bonchev–Trinajstić information content (AvgIpc) is 3.11. The van der Waals surface area contributed by atoms with Crippen molar-refractivity contribution in [2.45, 2.75) is 30.7 Å². The van der Waals surface area contributed by atoms with Crippen molar-refractivity contribution in [3.8, 4) is 0 Å². The molecule has 1 aliphatic rings. The lowest BCUT2D eigenvalue weighted by molar-refractivity contribution is 0.354. The standard InChI is InChI=1S/C20H18F2N2O3S/c21-15-7-8-16(22)19(12-15)28(25,26)24-11-10-18-17(13-24)23-20(27-18)9-6-14-4-2-1-3-5-14/h1-5,7-8,12H,6,9-11,13H2. The van der Waals surface area contributed by atoms with Gasteiger partial charge in [0.05, 0.1) is 12.2 Å². The van der Waals surface area contributed by atoms with Crippen LogP contribution >= 0.6 is 0 Å². The molecular formula is C20H18F2N2O3S. The molecule has 146 valence electrons. The average molecular weight is 404 g/mol. The summed E-state index contributed by atoms with van der Waals surface area (Å²) in [7, 11) is -4.17. The summed E-state index contributed by atoms with van der Waals surface area (Å²) in [6.45, 7) is 0.0983. The van der Waals surface area contributed by atoms with Gasteiger partial charge in [-0.15, -0.1) is 0 Å². The summed E-state index contributed by atoms with van der Waals surface area (Å²) in [5.74, 6) is -0.586. The molecule has 2 heterocycles. The van der Waals surface area contributed by atoms with E-state index >= 15 is 0 Å². The van der Waals surface area contributed by atoms with Gasteiger partial charge in [-0.05, 0) is 30.2 Å². The van der Waals surface area contributed by atoms with E-state index in [1.54, 1.807) is 0 Å². The van der Waals surface area contributed by atoms with Gasteiger partial charge in [0.2, 0.25) is 10.0 Å². The minimum absolute atomic E-state index is 0.0253. The van der Waals surface area contributed by atoms with Crippen LogP contribution in [0, 0.1) is 11.6 Å². The van der Waals surface area contributed by atoms with Gasteiger partial charge in [-0.3, -0.25) is 0 Å². The Balaban J connectivity index is 1.52. The van der Waals surface area contributed by atoms with Crippen molar-refractivity contribution in [3.05, 3.63) is 83.1 Å². The van der Waals surface area contributed by atoms with Crippen LogP contribution in [-0.2, 0) is 35.8 Å². The van der Waals surface area contributed by atoms with Gasteiger partial charge in [0.25, 0.3) is 0 Å². The van der Waals surface area contributed by atoms with E-state index in [0.717, 1.165) is 28.4 Å². The van der Waals surface area contributed by atoms with E-state index in [4.69, 9.17) is 4.42 Å². The first-order valence-corrected chi connectivity index (χ1v) is 10.3. The lowest BCUT2D eigenvalue weighted by Crippen LogP contribution is -2.36. The Hall–Kier alpha value is -2.58. The number of fused-ring (bicyclic) bond motifs is 1. The Morgan fingerprint density at radius 3 is 2.64 bits per heavy atom. The van der Waals surface area contributed by atoms with Crippen molar-refractivity contribution in [2.75, 3.05) is 6.54 Å². The molecule has 2 aromatic carbocycles. The van der Waals surface area contributed by atoms with Gasteiger partial charge >= 0.3 is 0 Å². The fraction of sp³-hybridized carbons (Fsp3) is 0.250. The number of sulfonamides is 1. The van der Waals surface area contributed by atoms with Gasteiger partial charge in [0.1, 0.15) is 22.3 Å². The van der Waals surface area contributed by atoms with Crippen molar-refractivity contribution >= 4 is 10.0 Å². The molecule has 1 aromatic heterocycles. The molecule has 3 aromatic rings. The Kier molecular flexibility index (Phi) is 4.99. The first-order chi connectivity index (χ1) is 13.4. The van der Waals surface area contributed by atoms with Gasteiger partial charge in [-0.2, -0.15) is 4.31 Å². The lowest BCUT2D eigenvalue weighted by atomic mass is 10.1. The third-order valence-electron chi connectivity index (χ3n) is 4.72. The third-order valence-corrected chi connectivity index (χ3v) is 6.58. The second kappa shape index (κ2) is 7.44. The number of rotatable bonds is 5. The van der Waals surface area contributed by atoms with Crippen molar-refractivity contribution in [3.63, 3.8) is 0 Å². The van der Waals surface area contributed by atoms with Gasteiger partial charge in [0, 0.05) is 19.4 Å². The number of oxazole rings is 1. The number of aromatic nitrogens is 1. The van der Waals surface area contributed by atoms with Crippen molar-refractivity contribution in [1.29, 1.82) is 0 Å². The fourth-order valence-corrected chi connectivity index (χ4v) is 4.73. The quantitative estimate of drug-likeness (QED) is 0.653. The first-order valence-electron chi connectivity index (χ1n) is 8.90. The van der Waals surface area contributed by atoms with Crippen LogP contribution < -0.4 is 0 Å². The highest BCUT2D eigenvalue weighted by molar-refractivity contribution is 7.89. The molecule has 5 nitrogen and oxygen atoms in total. The largest absolute Gasteiger partial charge is 0.445 e. The molecule has 4 rings (SSSR count). The van der Waals surface area contributed by atoms with Crippen LogP contribution in [0.1, 0.15) is 22.9 Å². The minimum Gasteiger partial charge on any atom is -0.445 e. The highest BCUT2D eigenvalue weighted by Gasteiger charge is 2.33. The van der Waals surface area contributed by atoms with E-state index in [-0.39, 0.29) is 13.1 Å². The summed E-state index contributed by atoms with van der Waals surface area (Å²) in [6, 6.07) is 12.3. The molecule has 0 saturated heterocycles. The number of hydrogen-bond donors (Lipinski definition) is 0. The van der Waals surface area contributed by atoms with Crippen LogP contribution in [0.3, 0.4) is 0 Å². The van der Waals surface area contributed by atoms with Crippen LogP contribution in [0.5, 0.6) is 0 Å². The predicted molar refractivity (Wildman–Crippen MR) is 98.0 cm³/mol. The van der Waals surface area contributed by atoms with E-state index in [0.29, 0.717) is 36.3 Å². The summed E-state index contributed by atoms with van der Waals surface area (Å²) in [4.78, 5) is 3.76. The minimum atomic E-state index is -4.17. The zero-order chi connectivity index (χ0) is 19.7. The van der Waals surface area contributed by atoms with Gasteiger partial charge in [-0.25, -0.2) is 22.2 Å². The van der Waals surface area contributed by atoms with Gasteiger partial charge in [-0.1, -0.05) is 30.3 Å². The molecule has 1 aliphatic heterocycles. The number of benzene rings is 2. The highest BCUT2D eigenvalue weighted by Crippen LogP contribution is 2.27. The van der Waals surface area contributed by atoms with Crippen molar-refractivity contribution < 1.29 is 21.6 Å². The summed E-state index contributed by atoms with van der Waals surface area (Å²) < 4.78 is 59.8. The molecule has 0 fully saturated rings. The van der Waals surface area contributed by atoms with E-state index in [2.05, 4.69) is 4.98 Å². The smallest absolute Gasteiger partial charge is 0.246 e. The fourth-order valence-electron chi connectivity index (χ4n) is 3.25. The van der Waals surface area contributed by atoms with E-state index in [9.17, 15) is 17.2 Å². The molecule has 0 aliphatic carbocycles. The predicted octanol–water partition coefficient (Wildman–Crippen LogP) is 3.49. The Morgan fingerprint density at radius 2 is 1.86 bits per heavy atom. The maximum absolute atomic E-state index is 14.0. The Morgan fingerprint density at radius 1 is 1.07 bits per heavy atom. The molecule has 0 unspecified atom stereocenters. The van der Waals surface area contributed by atoms with Crippen molar-refractivity contribution in [1.82, 2.24) is 9.29 Å². The van der Waals surface area contributed by atoms with Crippen LogP contribution in [0.2, 0.25) is 0 Å². The lowest BCUT2D eigenvalue weighted by Gasteiger charge is -2.24. The second-order valence-electron chi connectivity index (χ2n) is 6.63. The van der Waals surface area contributed by atoms with E-state index in [1.807, 2.05) is 30.3 Å². The van der Waals surface area contributed by atoms with Crippen LogP contribution in [0.4, 0.5) is 8.78 Å². The summed E-state index contributed by atoms with van der Waals surface area (Å²) in [5.41, 5.74) is 1.68. The van der Waals surface area contributed by atoms with Crippen LogP contribution in [0.25, 0.3) is 0 Å². The molecule has 0 radical (unpaired) electrons. The number of hydrogen-bond acceptors (Lipinski definition) is 4. The SMILES string of the molecule is O=S(=O)(c1cc(F)ccc1F)N1CCc2oc(CCc3ccccc3)nc2C1. The summed E-state index contributed by atoms with van der Waals surface area (Å²) in [6.07, 6.45) is 1.70. The molecule has 0 spiro atoms. The van der Waals surface area contributed by atoms with E-state index in [1.165, 1.54) is 0 Å². The summed E-state index contributed by atoms with van der Waals surface area (Å²) in [5, 5.41) is 0. The normalized spacial score (nSPS) is 14.8. The van der Waals surface area contributed by atoms with Gasteiger partial charge in [0.15, 0.2) is 5.89 Å². The monoisotopic (exact) mass is 404 g/mol. The van der Waals surface area contributed by atoms with Crippen LogP contribution in [-0.4, -0.2) is 24.3 Å². The molecule has 0 saturated carbocycles. The van der Waals surface area contributed by atoms with Gasteiger partial charge < -0.3 is 4.42 Å². The van der Waals surface area contributed by atoms with Crippen LogP contribution in [0.15, 0.2) is 57.8 Å². The molecule has 28 heavy (non-hydrogen) atoms. The molecule has 0 amide bonds. The van der Waals surface area contributed by atoms with Crippen molar-refractivity contribution in [2.24, 2.45) is 0 Å². The number of aryl methyl sites for hydroxylation is 2. The Labute approximate surface area is 161 Å². The molecular weight excluding hydrogens is 386 g/mol. The Bertz CT molecular complexity index is 1100. The van der Waals surface area contributed by atoms with E-state index < -0.39 is 26.6 Å². The zero-order valence-electron chi connectivity index (χ0n) is 14.9. The highest BCUT2D eigenvalue weighted by atomic mass is 32.2. The molecule has 0 N–H and O–H groups in total. The topological polar surface area (TPSA) is 63.4 Å². The number of nitrogens with zero attached hydrogens (tertiary/aromatic N) is 2. The molecule has 0 atom stereocenters. The first kappa shape index (κ1) is 18.8. The summed E-state index contributed by atoms with van der Waals surface area (Å²) >= 11 is 0. The molecule has 8 heteroatoms. The second-order valence-corrected chi connectivity index (χ2v) is 8.53. The zero-order valence-corrected chi connectivity index (χ0v) is 15.8. The third kappa shape index (κ3) is 3.70. The number of halogens is 2. The molecule has 0 bridgehead atoms.